The van der Waals surface area contributed by atoms with Gasteiger partial charge in [-0.3, -0.25) is 43.2 Å². The van der Waals surface area contributed by atoms with Gasteiger partial charge in [-0.2, -0.15) is 0 Å². The lowest BCUT2D eigenvalue weighted by Crippen LogP contribution is -2.59. The molecular weight excluding hydrogens is 676 g/mol. The van der Waals surface area contributed by atoms with Crippen LogP contribution in [0.1, 0.15) is 77.0 Å². The number of hydrogen-bond acceptors (Lipinski definition) is 11. The van der Waals surface area contributed by atoms with Crippen molar-refractivity contribution in [3.8, 4) is 0 Å². The molecule has 0 bridgehead atoms. The minimum atomic E-state index is -1.60. The third kappa shape index (κ3) is 14.2. The first-order valence-corrected chi connectivity index (χ1v) is 16.6. The van der Waals surface area contributed by atoms with E-state index in [0.717, 1.165) is 6.42 Å². The van der Waals surface area contributed by atoms with Gasteiger partial charge < -0.3 is 59.5 Å². The maximum Gasteiger partial charge on any atom is 0.326 e. The van der Waals surface area contributed by atoms with Crippen molar-refractivity contribution in [2.45, 2.75) is 113 Å². The highest BCUT2D eigenvalue weighted by Crippen LogP contribution is 2.21. The minimum Gasteiger partial charge on any atom is -0.480 e. The van der Waals surface area contributed by atoms with Crippen molar-refractivity contribution in [3.05, 3.63) is 0 Å². The number of nitrogens with zero attached hydrogens (tertiary/aromatic N) is 1. The number of nitrogens with two attached hydrogens (primary N) is 4. The number of rotatable bonds is 22. The Balaban J connectivity index is 2.26. The summed E-state index contributed by atoms with van der Waals surface area (Å²) in [5.41, 5.74) is 20.8. The second-order valence-electron chi connectivity index (χ2n) is 12.4. The number of amides is 9. The molecule has 51 heavy (non-hydrogen) atoms. The van der Waals surface area contributed by atoms with Gasteiger partial charge in [0, 0.05) is 32.2 Å². The van der Waals surface area contributed by atoms with E-state index < -0.39 is 122 Å². The minimum absolute atomic E-state index is 0.246. The second kappa shape index (κ2) is 20.4. The molecule has 0 aromatic rings. The van der Waals surface area contributed by atoms with E-state index in [1.165, 1.54) is 4.90 Å². The molecule has 0 aromatic heterocycles. The zero-order chi connectivity index (χ0) is 38.2. The summed E-state index contributed by atoms with van der Waals surface area (Å²) in [4.78, 5) is 126. The summed E-state index contributed by atoms with van der Waals surface area (Å²) in [5.74, 6) is -8.89. The number of nitrogens with one attached hydrogen (secondary N) is 5. The molecular formula is C30H48N10O11. The van der Waals surface area contributed by atoms with Crippen molar-refractivity contribution in [2.24, 2.45) is 22.9 Å². The van der Waals surface area contributed by atoms with Crippen LogP contribution in [0, 0.1) is 0 Å². The number of primary amides is 4. The zero-order valence-corrected chi connectivity index (χ0v) is 28.1. The summed E-state index contributed by atoms with van der Waals surface area (Å²) in [5, 5.41) is 22.0. The molecule has 0 radical (unpaired) electrons. The topological polar surface area (TPSA) is 358 Å². The van der Waals surface area contributed by atoms with E-state index in [2.05, 4.69) is 26.6 Å². The molecule has 2 aliphatic rings. The van der Waals surface area contributed by atoms with Crippen LogP contribution >= 0.6 is 0 Å². The van der Waals surface area contributed by atoms with Crippen molar-refractivity contribution >= 4 is 59.1 Å². The van der Waals surface area contributed by atoms with Gasteiger partial charge in [0.2, 0.25) is 53.2 Å². The first-order chi connectivity index (χ1) is 24.0. The molecule has 0 unspecified atom stereocenters. The summed E-state index contributed by atoms with van der Waals surface area (Å²) in [7, 11) is 0. The number of aliphatic carboxylic acids is 1. The van der Waals surface area contributed by atoms with E-state index in [4.69, 9.17) is 22.9 Å². The van der Waals surface area contributed by atoms with Gasteiger partial charge in [0.05, 0.1) is 6.04 Å². The molecule has 284 valence electrons. The van der Waals surface area contributed by atoms with E-state index >= 15 is 0 Å². The first-order valence-electron chi connectivity index (χ1n) is 16.6. The SMILES string of the molecule is NC(=O)CC[C@H](NC(=O)[C@H](CCC(N)=O)NC(=O)[C@H](CCC(N)=O)NC(=O)[C@H](CCC(N)=O)NC(=O)[C@@H]1CCCN1C(=O)[C@@H]1CCCN1)C(=O)O. The highest BCUT2D eigenvalue weighted by atomic mass is 16.4. The molecule has 6 atom stereocenters. The molecule has 0 spiro atoms. The van der Waals surface area contributed by atoms with E-state index in [0.29, 0.717) is 32.4 Å². The predicted molar refractivity (Wildman–Crippen MR) is 175 cm³/mol. The number of likely N-dealkylation sites (tertiary alicyclic amines) is 1. The summed E-state index contributed by atoms with van der Waals surface area (Å²) < 4.78 is 0. The highest BCUT2D eigenvalue weighted by molar-refractivity contribution is 5.97. The van der Waals surface area contributed by atoms with Crippen molar-refractivity contribution in [1.82, 2.24) is 31.5 Å². The maximum atomic E-state index is 13.6. The zero-order valence-electron chi connectivity index (χ0n) is 28.1. The molecule has 21 nitrogen and oxygen atoms in total. The molecule has 2 saturated heterocycles. The maximum absolute atomic E-state index is 13.6. The predicted octanol–water partition coefficient (Wildman–Crippen LogP) is -5.18. The van der Waals surface area contributed by atoms with Gasteiger partial charge in [0.15, 0.2) is 0 Å². The van der Waals surface area contributed by atoms with Crippen LogP contribution in [0.25, 0.3) is 0 Å². The summed E-state index contributed by atoms with van der Waals surface area (Å²) in [6.45, 7) is 0.989. The Morgan fingerprint density at radius 2 is 1.02 bits per heavy atom. The Bertz CT molecular complexity index is 1350. The van der Waals surface area contributed by atoms with Crippen LogP contribution in [0.5, 0.6) is 0 Å². The highest BCUT2D eigenvalue weighted by Gasteiger charge is 2.39. The fourth-order valence-electron chi connectivity index (χ4n) is 5.69. The second-order valence-corrected chi connectivity index (χ2v) is 12.4. The van der Waals surface area contributed by atoms with E-state index in [9.17, 15) is 53.1 Å². The van der Waals surface area contributed by atoms with E-state index in [1.807, 2.05) is 0 Å². The molecule has 2 aliphatic heterocycles. The molecule has 0 saturated carbocycles. The van der Waals surface area contributed by atoms with Crippen LogP contribution in [-0.2, 0) is 47.9 Å². The lowest BCUT2D eigenvalue weighted by atomic mass is 10.0. The van der Waals surface area contributed by atoms with Crippen molar-refractivity contribution in [2.75, 3.05) is 13.1 Å². The number of carboxylic acid groups (broad SMARTS) is 1. The average molecular weight is 725 g/mol. The van der Waals surface area contributed by atoms with Crippen LogP contribution in [-0.4, -0.2) is 118 Å². The fourth-order valence-corrected chi connectivity index (χ4v) is 5.69. The van der Waals surface area contributed by atoms with Crippen LogP contribution in [0.15, 0.2) is 0 Å². The molecule has 2 rings (SSSR count). The fraction of sp³-hybridized carbons (Fsp3) is 0.667. The Kier molecular flexibility index (Phi) is 16.7. The van der Waals surface area contributed by atoms with E-state index in [-0.39, 0.29) is 25.2 Å². The quantitative estimate of drug-likeness (QED) is 0.0501. The molecule has 14 N–H and O–H groups in total. The summed E-state index contributed by atoms with van der Waals surface area (Å²) in [6.07, 6.45) is -0.835. The van der Waals surface area contributed by atoms with Crippen molar-refractivity contribution in [1.29, 1.82) is 0 Å². The van der Waals surface area contributed by atoms with Gasteiger partial charge in [0.1, 0.15) is 30.2 Å². The molecule has 9 amide bonds. The Labute approximate surface area is 293 Å². The van der Waals surface area contributed by atoms with Crippen molar-refractivity contribution in [3.63, 3.8) is 0 Å². The van der Waals surface area contributed by atoms with Crippen LogP contribution in [0.4, 0.5) is 0 Å². The third-order valence-electron chi connectivity index (χ3n) is 8.43. The van der Waals surface area contributed by atoms with Gasteiger partial charge in [-0.05, 0) is 57.9 Å². The number of carboxylic acids is 1. The standard InChI is InChI=1S/C30H48N10O11/c31-21(41)9-5-15(25(45)37-16(6-10-22(32)42)27(47)39-19(30(50)51)8-12-24(34)44)36-26(46)17(7-11-23(33)43)38-28(48)20-4-2-14-40(20)29(49)18-3-1-13-35-18/h15-20,35H,1-14H2,(H2,31,41)(H2,32,42)(H2,33,43)(H2,34,44)(H,36,46)(H,37,45)(H,38,48)(H,39,47)(H,50,51)/t15-,16-,17-,18-,19-,20-/m0/s1. The lowest BCUT2D eigenvalue weighted by molar-refractivity contribution is -0.143. The molecule has 2 heterocycles. The van der Waals surface area contributed by atoms with E-state index in [1.54, 1.807) is 0 Å². The normalized spacial score (nSPS) is 19.1. The van der Waals surface area contributed by atoms with Crippen LogP contribution < -0.4 is 49.5 Å². The van der Waals surface area contributed by atoms with Crippen LogP contribution in [0.3, 0.4) is 0 Å². The average Bonchev–Trinajstić information content (AvgIpc) is 3.77. The Morgan fingerprint density at radius 1 is 0.608 bits per heavy atom. The Hall–Kier alpha value is -5.34. The Morgan fingerprint density at radius 3 is 1.41 bits per heavy atom. The smallest absolute Gasteiger partial charge is 0.326 e. The summed E-state index contributed by atoms with van der Waals surface area (Å²) >= 11 is 0. The number of carbonyl (C=O) groups is 10. The van der Waals surface area contributed by atoms with Gasteiger partial charge in [-0.15, -0.1) is 0 Å². The number of carbonyl (C=O) groups excluding carboxylic acids is 9. The van der Waals surface area contributed by atoms with Crippen molar-refractivity contribution < 1.29 is 53.1 Å². The monoisotopic (exact) mass is 724 g/mol. The molecule has 0 aromatic carbocycles. The number of hydrogen-bond donors (Lipinski definition) is 10. The summed E-state index contributed by atoms with van der Waals surface area (Å²) in [6, 6.07) is -7.54. The van der Waals surface area contributed by atoms with Crippen LogP contribution in [0.2, 0.25) is 0 Å². The van der Waals surface area contributed by atoms with Gasteiger partial charge >= 0.3 is 5.97 Å². The molecule has 21 heteroatoms. The molecule has 2 fully saturated rings. The first kappa shape index (κ1) is 41.8. The lowest BCUT2D eigenvalue weighted by Gasteiger charge is -2.29. The largest absolute Gasteiger partial charge is 0.480 e. The van der Waals surface area contributed by atoms with Gasteiger partial charge in [0.25, 0.3) is 0 Å². The molecule has 0 aliphatic carbocycles. The third-order valence-corrected chi connectivity index (χ3v) is 8.43. The van der Waals surface area contributed by atoms with Gasteiger partial charge in [-0.25, -0.2) is 4.79 Å². The van der Waals surface area contributed by atoms with Gasteiger partial charge in [-0.1, -0.05) is 0 Å².